The maximum Gasteiger partial charge on any atom is 0.194 e. The van der Waals surface area contributed by atoms with E-state index < -0.39 is 0 Å². The van der Waals surface area contributed by atoms with E-state index in [-0.39, 0.29) is 24.0 Å². The first kappa shape index (κ1) is 21.0. The van der Waals surface area contributed by atoms with Gasteiger partial charge in [0.05, 0.1) is 17.9 Å². The summed E-state index contributed by atoms with van der Waals surface area (Å²) in [6, 6.07) is 14.5. The number of nitrogens with one attached hydrogen (secondary N) is 1. The summed E-state index contributed by atoms with van der Waals surface area (Å²) in [5.41, 5.74) is 4.49. The van der Waals surface area contributed by atoms with Crippen LogP contribution in [0.5, 0.6) is 0 Å². The number of guanidine groups is 1. The Morgan fingerprint density at radius 1 is 1.15 bits per heavy atom. The van der Waals surface area contributed by atoms with Crippen molar-refractivity contribution in [2.45, 2.75) is 20.0 Å². The summed E-state index contributed by atoms with van der Waals surface area (Å²) in [6.07, 6.45) is 4.05. The number of para-hydroxylation sites is 1. The van der Waals surface area contributed by atoms with Crippen LogP contribution in [0.3, 0.4) is 0 Å². The third-order valence-corrected chi connectivity index (χ3v) is 4.42. The summed E-state index contributed by atoms with van der Waals surface area (Å²) in [5.74, 6) is 0.859. The Labute approximate surface area is 177 Å². The van der Waals surface area contributed by atoms with E-state index in [1.165, 1.54) is 11.3 Å². The summed E-state index contributed by atoms with van der Waals surface area (Å²) >= 11 is 0. The van der Waals surface area contributed by atoms with Crippen molar-refractivity contribution in [3.8, 4) is 5.69 Å². The number of hydrogen-bond acceptors (Lipinski definition) is 2. The fourth-order valence-electron chi connectivity index (χ4n) is 2.97. The molecule has 6 nitrogen and oxygen atoms in total. The third-order valence-electron chi connectivity index (χ3n) is 4.42. The second-order valence-corrected chi connectivity index (χ2v) is 6.40. The Morgan fingerprint density at radius 2 is 1.93 bits per heavy atom. The zero-order valence-corrected chi connectivity index (χ0v) is 18.6. The van der Waals surface area contributed by atoms with Crippen LogP contribution in [0.1, 0.15) is 17.0 Å². The maximum atomic E-state index is 4.53. The largest absolute Gasteiger partial charge is 0.353 e. The van der Waals surface area contributed by atoms with E-state index in [1.54, 1.807) is 0 Å². The van der Waals surface area contributed by atoms with E-state index >= 15 is 0 Å². The third kappa shape index (κ3) is 5.12. The van der Waals surface area contributed by atoms with Crippen LogP contribution >= 0.6 is 24.0 Å². The first-order valence-electron chi connectivity index (χ1n) is 8.71. The van der Waals surface area contributed by atoms with Gasteiger partial charge in [-0.2, -0.15) is 5.10 Å². The second-order valence-electron chi connectivity index (χ2n) is 6.40. The molecule has 0 fully saturated rings. The molecule has 1 aromatic carbocycles. The molecule has 0 aliphatic heterocycles. The van der Waals surface area contributed by atoms with Crippen LogP contribution in [0.25, 0.3) is 5.69 Å². The SMILES string of the molecule is CN=C(NCc1ccccc1-n1ccc(C)n1)N(C)Cc1cccn1C.I. The van der Waals surface area contributed by atoms with Crippen molar-refractivity contribution < 1.29 is 0 Å². The summed E-state index contributed by atoms with van der Waals surface area (Å²) < 4.78 is 4.04. The van der Waals surface area contributed by atoms with E-state index in [9.17, 15) is 0 Å². The molecule has 0 saturated carbocycles. The Bertz CT molecular complexity index is 895. The highest BCUT2D eigenvalue weighted by atomic mass is 127. The van der Waals surface area contributed by atoms with Gasteiger partial charge in [0.25, 0.3) is 0 Å². The second kappa shape index (κ2) is 9.59. The highest BCUT2D eigenvalue weighted by Crippen LogP contribution is 2.14. The summed E-state index contributed by atoms with van der Waals surface area (Å²) in [5, 5.41) is 7.99. The fourth-order valence-corrected chi connectivity index (χ4v) is 2.97. The van der Waals surface area contributed by atoms with E-state index in [4.69, 9.17) is 0 Å². The molecule has 0 bridgehead atoms. The minimum atomic E-state index is 0. The topological polar surface area (TPSA) is 50.4 Å². The van der Waals surface area contributed by atoms with Gasteiger partial charge in [-0.3, -0.25) is 4.99 Å². The molecule has 144 valence electrons. The van der Waals surface area contributed by atoms with E-state index in [0.717, 1.165) is 23.9 Å². The number of halogens is 1. The minimum Gasteiger partial charge on any atom is -0.353 e. The smallest absolute Gasteiger partial charge is 0.194 e. The Morgan fingerprint density at radius 3 is 2.56 bits per heavy atom. The van der Waals surface area contributed by atoms with Gasteiger partial charge in [-0.15, -0.1) is 24.0 Å². The minimum absolute atomic E-state index is 0. The summed E-state index contributed by atoms with van der Waals surface area (Å²) in [6.45, 7) is 3.47. The van der Waals surface area contributed by atoms with Gasteiger partial charge in [0.15, 0.2) is 5.96 Å². The molecule has 3 aromatic rings. The van der Waals surface area contributed by atoms with Gasteiger partial charge in [-0.25, -0.2) is 4.68 Å². The molecule has 3 rings (SSSR count). The van der Waals surface area contributed by atoms with Crippen LogP contribution < -0.4 is 5.32 Å². The van der Waals surface area contributed by atoms with Crippen LogP contribution in [0.4, 0.5) is 0 Å². The first-order chi connectivity index (χ1) is 12.6. The quantitative estimate of drug-likeness (QED) is 0.348. The van der Waals surface area contributed by atoms with Gasteiger partial charge in [-0.1, -0.05) is 18.2 Å². The normalized spacial score (nSPS) is 11.2. The highest BCUT2D eigenvalue weighted by Gasteiger charge is 2.10. The molecule has 0 spiro atoms. The molecular formula is C20H27IN6. The van der Waals surface area contributed by atoms with Crippen LogP contribution in [0, 0.1) is 6.92 Å². The molecule has 0 aliphatic rings. The monoisotopic (exact) mass is 478 g/mol. The van der Waals surface area contributed by atoms with Crippen molar-refractivity contribution in [2.24, 2.45) is 12.0 Å². The Balaban J connectivity index is 0.00000261. The van der Waals surface area contributed by atoms with Crippen molar-refractivity contribution in [1.29, 1.82) is 0 Å². The molecule has 0 unspecified atom stereocenters. The maximum absolute atomic E-state index is 4.53. The van der Waals surface area contributed by atoms with Crippen molar-refractivity contribution >= 4 is 29.9 Å². The van der Waals surface area contributed by atoms with Crippen molar-refractivity contribution in [2.75, 3.05) is 14.1 Å². The molecule has 0 radical (unpaired) electrons. The fraction of sp³-hybridized carbons (Fsp3) is 0.300. The zero-order chi connectivity index (χ0) is 18.5. The Kier molecular flexibility index (Phi) is 7.46. The van der Waals surface area contributed by atoms with Crippen LogP contribution in [0.15, 0.2) is 59.9 Å². The van der Waals surface area contributed by atoms with Crippen LogP contribution in [-0.2, 0) is 20.1 Å². The average molecular weight is 478 g/mol. The lowest BCUT2D eigenvalue weighted by Gasteiger charge is -2.23. The Hall–Kier alpha value is -2.29. The summed E-state index contributed by atoms with van der Waals surface area (Å²) in [4.78, 5) is 6.54. The predicted octanol–water partition coefficient (Wildman–Crippen LogP) is 3.34. The number of aryl methyl sites for hydroxylation is 2. The molecule has 2 aromatic heterocycles. The molecule has 0 atom stereocenters. The summed E-state index contributed by atoms with van der Waals surface area (Å²) in [7, 11) is 5.92. The number of benzene rings is 1. The van der Waals surface area contributed by atoms with Gasteiger partial charge in [-0.05, 0) is 36.8 Å². The van der Waals surface area contributed by atoms with Crippen LogP contribution in [0.2, 0.25) is 0 Å². The van der Waals surface area contributed by atoms with E-state index in [1.807, 2.05) is 50.1 Å². The molecule has 2 heterocycles. The van der Waals surface area contributed by atoms with Gasteiger partial charge in [0, 0.05) is 45.8 Å². The van der Waals surface area contributed by atoms with Crippen molar-refractivity contribution in [3.63, 3.8) is 0 Å². The lowest BCUT2D eigenvalue weighted by molar-refractivity contribution is 0.461. The highest BCUT2D eigenvalue weighted by molar-refractivity contribution is 14.0. The molecule has 0 aliphatic carbocycles. The van der Waals surface area contributed by atoms with Gasteiger partial charge >= 0.3 is 0 Å². The first-order valence-corrected chi connectivity index (χ1v) is 8.71. The molecule has 1 N–H and O–H groups in total. The lowest BCUT2D eigenvalue weighted by atomic mass is 10.2. The average Bonchev–Trinajstić information content (AvgIpc) is 3.24. The standard InChI is InChI=1S/C20H26N6.HI/c1-16-11-13-26(23-16)19-10-6-5-8-17(19)14-22-20(21-2)25(4)15-18-9-7-12-24(18)3;/h5-13H,14-15H2,1-4H3,(H,21,22);1H. The van der Waals surface area contributed by atoms with Crippen LogP contribution in [-0.4, -0.2) is 39.3 Å². The molecule has 27 heavy (non-hydrogen) atoms. The van der Waals surface area contributed by atoms with Gasteiger partial charge in [0.1, 0.15) is 0 Å². The zero-order valence-electron chi connectivity index (χ0n) is 16.3. The lowest BCUT2D eigenvalue weighted by Crippen LogP contribution is -2.38. The van der Waals surface area contributed by atoms with Gasteiger partial charge < -0.3 is 14.8 Å². The van der Waals surface area contributed by atoms with Crippen molar-refractivity contribution in [3.05, 3.63) is 71.8 Å². The number of aliphatic imine (C=N–C) groups is 1. The predicted molar refractivity (Wildman–Crippen MR) is 121 cm³/mol. The van der Waals surface area contributed by atoms with E-state index in [2.05, 4.69) is 62.4 Å². The molecule has 0 saturated heterocycles. The number of aromatic nitrogens is 3. The number of hydrogen-bond donors (Lipinski definition) is 1. The molecule has 0 amide bonds. The van der Waals surface area contributed by atoms with Gasteiger partial charge in [0.2, 0.25) is 0 Å². The molecule has 7 heteroatoms. The number of nitrogens with zero attached hydrogens (tertiary/aromatic N) is 5. The molecular weight excluding hydrogens is 451 g/mol. The number of rotatable bonds is 5. The van der Waals surface area contributed by atoms with E-state index in [0.29, 0.717) is 6.54 Å². The van der Waals surface area contributed by atoms with Crippen molar-refractivity contribution in [1.82, 2.24) is 24.6 Å².